The molecular formula is C30H29ClFN3O5. The summed E-state index contributed by atoms with van der Waals surface area (Å²) >= 11 is 6.17. The van der Waals surface area contributed by atoms with Crippen molar-refractivity contribution in [1.82, 2.24) is 10.2 Å². The average Bonchev–Trinajstić information content (AvgIpc) is 2.95. The summed E-state index contributed by atoms with van der Waals surface area (Å²) in [5.74, 6) is -1.05. The first kappa shape index (κ1) is 27.6. The molecule has 2 aliphatic heterocycles. The number of rotatable bonds is 6. The maximum atomic E-state index is 13.5. The molecule has 10 heteroatoms. The topological polar surface area (TPSA) is 97.0 Å². The first-order valence-corrected chi connectivity index (χ1v) is 13.4. The number of ether oxygens (including phenoxy) is 2. The van der Waals surface area contributed by atoms with E-state index in [0.717, 1.165) is 11.6 Å². The first-order chi connectivity index (χ1) is 19.3. The fourth-order valence-electron chi connectivity index (χ4n) is 5.05. The van der Waals surface area contributed by atoms with Gasteiger partial charge in [0.1, 0.15) is 24.3 Å². The van der Waals surface area contributed by atoms with E-state index < -0.39 is 17.8 Å². The number of amides is 3. The number of hydrogen-bond acceptors (Lipinski definition) is 5. The molecule has 8 nitrogen and oxygen atoms in total. The lowest BCUT2D eigenvalue weighted by Gasteiger charge is -2.42. The Labute approximate surface area is 236 Å². The van der Waals surface area contributed by atoms with E-state index in [9.17, 15) is 18.8 Å². The molecule has 5 rings (SSSR count). The molecule has 3 atom stereocenters. The second kappa shape index (κ2) is 12.1. The Kier molecular flexibility index (Phi) is 8.32. The normalized spacial score (nSPS) is 20.3. The van der Waals surface area contributed by atoms with Crippen LogP contribution in [-0.2, 0) is 16.1 Å². The standard InChI is InChI=1S/C30H29ClFN3O5/c1-35-25-11-10-22(15-28(36)33-16-19-5-2-3-8-24(19)31)40-27(25)17-39-26-12-9-21(14-23(26)30(35)38)34-29(37)18-6-4-7-20(32)13-18/h2-9,12-14,22,25,27H,10-11,15-17H2,1H3,(H,33,36)(H,34,37)/t22-,25+,27+/m0/s1. The zero-order valence-electron chi connectivity index (χ0n) is 21.9. The van der Waals surface area contributed by atoms with Crippen LogP contribution in [0.15, 0.2) is 66.7 Å². The van der Waals surface area contributed by atoms with Crippen molar-refractivity contribution in [2.45, 2.75) is 44.1 Å². The van der Waals surface area contributed by atoms with Crippen LogP contribution >= 0.6 is 11.6 Å². The predicted octanol–water partition coefficient (Wildman–Crippen LogP) is 4.82. The molecule has 0 bridgehead atoms. The Bertz CT molecular complexity index is 1430. The van der Waals surface area contributed by atoms with E-state index in [1.807, 2.05) is 18.2 Å². The second-order valence-electron chi connectivity index (χ2n) is 9.92. The number of hydrogen-bond donors (Lipinski definition) is 2. The molecule has 0 saturated carbocycles. The van der Waals surface area contributed by atoms with Crippen molar-refractivity contribution in [3.8, 4) is 5.75 Å². The van der Waals surface area contributed by atoms with Crippen LogP contribution < -0.4 is 15.4 Å². The Morgan fingerprint density at radius 3 is 2.70 bits per heavy atom. The lowest BCUT2D eigenvalue weighted by Crippen LogP contribution is -2.53. The zero-order chi connectivity index (χ0) is 28.2. The van der Waals surface area contributed by atoms with E-state index in [1.54, 1.807) is 36.2 Å². The van der Waals surface area contributed by atoms with Gasteiger partial charge in [0.05, 0.1) is 24.1 Å². The van der Waals surface area contributed by atoms with Crippen LogP contribution in [0.1, 0.15) is 45.5 Å². The van der Waals surface area contributed by atoms with Crippen molar-refractivity contribution in [3.05, 3.63) is 94.3 Å². The molecule has 40 heavy (non-hydrogen) atoms. The third-order valence-corrected chi connectivity index (χ3v) is 7.57. The highest BCUT2D eigenvalue weighted by molar-refractivity contribution is 6.31. The minimum absolute atomic E-state index is 0.141. The summed E-state index contributed by atoms with van der Waals surface area (Å²) in [5, 5.41) is 6.20. The zero-order valence-corrected chi connectivity index (χ0v) is 22.6. The molecule has 2 N–H and O–H groups in total. The summed E-state index contributed by atoms with van der Waals surface area (Å²) in [6.07, 6.45) is 0.721. The Hall–Kier alpha value is -3.95. The number of nitrogens with one attached hydrogen (secondary N) is 2. The van der Waals surface area contributed by atoms with Gasteiger partial charge in [-0.2, -0.15) is 0 Å². The van der Waals surface area contributed by atoms with Crippen molar-refractivity contribution in [2.75, 3.05) is 19.0 Å². The van der Waals surface area contributed by atoms with E-state index in [1.165, 1.54) is 18.2 Å². The number of nitrogens with zero attached hydrogens (tertiary/aromatic N) is 1. The summed E-state index contributed by atoms with van der Waals surface area (Å²) in [4.78, 5) is 40.3. The molecule has 3 amide bonds. The van der Waals surface area contributed by atoms with Gasteiger partial charge in [-0.25, -0.2) is 4.39 Å². The predicted molar refractivity (Wildman–Crippen MR) is 148 cm³/mol. The average molecular weight is 566 g/mol. The third kappa shape index (κ3) is 6.26. The molecule has 1 fully saturated rings. The second-order valence-corrected chi connectivity index (χ2v) is 10.3. The van der Waals surface area contributed by atoms with Crippen LogP contribution in [0.25, 0.3) is 0 Å². The largest absolute Gasteiger partial charge is 0.490 e. The Morgan fingerprint density at radius 2 is 1.90 bits per heavy atom. The van der Waals surface area contributed by atoms with Crippen LogP contribution in [-0.4, -0.2) is 54.5 Å². The molecule has 2 heterocycles. The number of likely N-dealkylation sites (N-methyl/N-ethyl adjacent to an activating group) is 1. The molecule has 3 aromatic carbocycles. The summed E-state index contributed by atoms with van der Waals surface area (Å²) in [5.41, 5.74) is 1.70. The third-order valence-electron chi connectivity index (χ3n) is 7.20. The van der Waals surface area contributed by atoms with Gasteiger partial charge < -0.3 is 25.0 Å². The van der Waals surface area contributed by atoms with Crippen molar-refractivity contribution in [2.24, 2.45) is 0 Å². The number of anilines is 1. The van der Waals surface area contributed by atoms with Gasteiger partial charge in [0, 0.05) is 29.9 Å². The molecule has 2 aliphatic rings. The van der Waals surface area contributed by atoms with Crippen LogP contribution in [0, 0.1) is 5.82 Å². The van der Waals surface area contributed by atoms with E-state index in [4.69, 9.17) is 21.1 Å². The molecule has 0 aliphatic carbocycles. The highest BCUT2D eigenvalue weighted by Crippen LogP contribution is 2.32. The van der Waals surface area contributed by atoms with Crippen molar-refractivity contribution in [3.63, 3.8) is 0 Å². The fourth-order valence-corrected chi connectivity index (χ4v) is 5.26. The van der Waals surface area contributed by atoms with Gasteiger partial charge in [0.15, 0.2) is 0 Å². The highest BCUT2D eigenvalue weighted by Gasteiger charge is 2.39. The number of benzene rings is 3. The summed E-state index contributed by atoms with van der Waals surface area (Å²) in [6.45, 7) is 0.529. The summed E-state index contributed by atoms with van der Waals surface area (Å²) < 4.78 is 25.8. The Morgan fingerprint density at radius 1 is 1.07 bits per heavy atom. The van der Waals surface area contributed by atoms with Crippen molar-refractivity contribution >= 4 is 35.0 Å². The maximum absolute atomic E-state index is 13.5. The smallest absolute Gasteiger partial charge is 0.257 e. The summed E-state index contributed by atoms with van der Waals surface area (Å²) in [7, 11) is 1.72. The van der Waals surface area contributed by atoms with Gasteiger partial charge in [0.25, 0.3) is 11.8 Å². The molecule has 0 spiro atoms. The van der Waals surface area contributed by atoms with E-state index in [2.05, 4.69) is 10.6 Å². The number of carbonyl (C=O) groups excluding carboxylic acids is 3. The van der Waals surface area contributed by atoms with Gasteiger partial charge in [-0.05, 0) is 60.9 Å². The van der Waals surface area contributed by atoms with E-state index in [0.29, 0.717) is 41.4 Å². The lowest BCUT2D eigenvalue weighted by molar-refractivity contribution is -0.134. The van der Waals surface area contributed by atoms with Gasteiger partial charge in [-0.3, -0.25) is 14.4 Å². The molecule has 0 aromatic heterocycles. The maximum Gasteiger partial charge on any atom is 0.257 e. The number of carbonyl (C=O) groups is 3. The lowest BCUT2D eigenvalue weighted by atomic mass is 9.94. The van der Waals surface area contributed by atoms with Gasteiger partial charge in [-0.15, -0.1) is 0 Å². The molecule has 0 radical (unpaired) electrons. The van der Waals surface area contributed by atoms with Gasteiger partial charge >= 0.3 is 0 Å². The first-order valence-electron chi connectivity index (χ1n) is 13.0. The van der Waals surface area contributed by atoms with Crippen LogP contribution in [0.4, 0.5) is 10.1 Å². The minimum Gasteiger partial charge on any atom is -0.490 e. The van der Waals surface area contributed by atoms with E-state index in [-0.39, 0.29) is 42.6 Å². The SMILES string of the molecule is CN1C(=O)c2cc(NC(=O)c3cccc(F)c3)ccc2OC[C@H]2O[C@H](CC(=O)NCc3ccccc3Cl)CC[C@H]21. The number of fused-ring (bicyclic) bond motifs is 2. The van der Waals surface area contributed by atoms with Crippen molar-refractivity contribution in [1.29, 1.82) is 0 Å². The quantitative estimate of drug-likeness (QED) is 0.447. The highest BCUT2D eigenvalue weighted by atomic mass is 35.5. The number of halogens is 2. The monoisotopic (exact) mass is 565 g/mol. The molecule has 3 aromatic rings. The molecule has 208 valence electrons. The van der Waals surface area contributed by atoms with Crippen LogP contribution in [0.5, 0.6) is 5.75 Å². The minimum atomic E-state index is -0.514. The fraction of sp³-hybridized carbons (Fsp3) is 0.300. The van der Waals surface area contributed by atoms with Crippen LogP contribution in [0.2, 0.25) is 5.02 Å². The van der Waals surface area contributed by atoms with Gasteiger partial charge in [0.2, 0.25) is 5.91 Å². The molecular weight excluding hydrogens is 537 g/mol. The van der Waals surface area contributed by atoms with Crippen molar-refractivity contribution < 1.29 is 28.2 Å². The Balaban J connectivity index is 1.22. The van der Waals surface area contributed by atoms with Gasteiger partial charge in [-0.1, -0.05) is 35.9 Å². The van der Waals surface area contributed by atoms with Crippen LogP contribution in [0.3, 0.4) is 0 Å². The molecule has 0 unspecified atom stereocenters. The summed E-state index contributed by atoms with van der Waals surface area (Å²) in [6, 6.07) is 17.3. The van der Waals surface area contributed by atoms with E-state index >= 15 is 0 Å². The molecule has 1 saturated heterocycles.